The summed E-state index contributed by atoms with van der Waals surface area (Å²) >= 11 is 0. The van der Waals surface area contributed by atoms with E-state index in [9.17, 15) is 9.90 Å². The third-order valence-corrected chi connectivity index (χ3v) is 3.84. The van der Waals surface area contributed by atoms with E-state index in [1.165, 1.54) is 0 Å². The molecular weight excluding hydrogens is 228 g/mol. The van der Waals surface area contributed by atoms with Gasteiger partial charge in [0.05, 0.1) is 6.10 Å². The van der Waals surface area contributed by atoms with Gasteiger partial charge in [-0.2, -0.15) is 0 Å². The maximum atomic E-state index is 11.7. The van der Waals surface area contributed by atoms with Crippen molar-refractivity contribution in [3.63, 3.8) is 0 Å². The average Bonchev–Trinajstić information content (AvgIpc) is 2.66. The van der Waals surface area contributed by atoms with Gasteiger partial charge in [0.1, 0.15) is 6.10 Å². The summed E-state index contributed by atoms with van der Waals surface area (Å²) in [5.74, 6) is -0.125. The summed E-state index contributed by atoms with van der Waals surface area (Å²) in [7, 11) is 0. The maximum absolute atomic E-state index is 11.7. The summed E-state index contributed by atoms with van der Waals surface area (Å²) in [5.41, 5.74) is 2.53. The van der Waals surface area contributed by atoms with E-state index in [1.54, 1.807) is 0 Å². The molecule has 2 aliphatic rings. The van der Waals surface area contributed by atoms with Crippen LogP contribution in [0.15, 0.2) is 36.0 Å². The van der Waals surface area contributed by atoms with E-state index in [4.69, 9.17) is 4.74 Å². The minimum Gasteiger partial charge on any atom is -0.454 e. The predicted molar refractivity (Wildman–Crippen MR) is 69.9 cm³/mol. The molecule has 0 saturated carbocycles. The third-order valence-electron chi connectivity index (χ3n) is 3.84. The summed E-state index contributed by atoms with van der Waals surface area (Å²) in [6.07, 6.45) is 3.85. The number of hydrogen-bond acceptors (Lipinski definition) is 3. The second-order valence-electron chi connectivity index (χ2n) is 5.27. The zero-order valence-electron chi connectivity index (χ0n) is 10.8. The molecule has 0 aromatic heterocycles. The van der Waals surface area contributed by atoms with Crippen molar-refractivity contribution < 1.29 is 14.6 Å². The number of carbonyl (C=O) groups is 1. The molecule has 0 aromatic carbocycles. The zero-order valence-corrected chi connectivity index (χ0v) is 10.8. The third kappa shape index (κ3) is 2.56. The Labute approximate surface area is 108 Å². The summed E-state index contributed by atoms with van der Waals surface area (Å²) in [5, 5.41) is 9.94. The van der Waals surface area contributed by atoms with Crippen molar-refractivity contribution >= 4 is 5.97 Å². The second kappa shape index (κ2) is 5.11. The van der Waals surface area contributed by atoms with E-state index in [0.29, 0.717) is 18.4 Å². The molecule has 0 saturated heterocycles. The molecule has 2 rings (SSSR count). The van der Waals surface area contributed by atoms with E-state index in [1.807, 2.05) is 13.0 Å². The SMILES string of the molecule is C=C1CC[C@H](C(=C)C)[C@H]2C=C(CCC1O)C(=O)O2. The second-order valence-corrected chi connectivity index (χ2v) is 5.27. The molecule has 1 aliphatic heterocycles. The molecule has 1 aliphatic carbocycles. The van der Waals surface area contributed by atoms with Crippen LogP contribution in [0.1, 0.15) is 32.6 Å². The van der Waals surface area contributed by atoms with Crippen LogP contribution in [0.5, 0.6) is 0 Å². The first kappa shape index (κ1) is 13.1. The predicted octanol–water partition coefficient (Wildman–Crippen LogP) is 2.52. The Balaban J connectivity index is 2.25. The van der Waals surface area contributed by atoms with E-state index >= 15 is 0 Å². The maximum Gasteiger partial charge on any atom is 0.334 e. The summed E-state index contributed by atoms with van der Waals surface area (Å²) in [4.78, 5) is 11.7. The van der Waals surface area contributed by atoms with Crippen LogP contribution in [0.2, 0.25) is 0 Å². The highest BCUT2D eigenvalue weighted by Gasteiger charge is 2.33. The van der Waals surface area contributed by atoms with E-state index in [0.717, 1.165) is 24.0 Å². The first-order valence-electron chi connectivity index (χ1n) is 6.42. The monoisotopic (exact) mass is 248 g/mol. The molecule has 3 heteroatoms. The number of carbonyl (C=O) groups excluding carboxylic acids is 1. The van der Waals surface area contributed by atoms with Gasteiger partial charge in [-0.15, -0.1) is 0 Å². The van der Waals surface area contributed by atoms with Gasteiger partial charge in [-0.05, 0) is 44.3 Å². The molecule has 0 spiro atoms. The Bertz CT molecular complexity index is 419. The number of fused-ring (bicyclic) bond motifs is 1. The summed E-state index contributed by atoms with van der Waals surface area (Å²) in [6.45, 7) is 9.86. The quantitative estimate of drug-likeness (QED) is 0.573. The fourth-order valence-electron chi connectivity index (χ4n) is 2.58. The molecule has 1 heterocycles. The standard InChI is InChI=1S/C15H20O3/c1-9(2)12-6-4-10(3)13(16)7-5-11-8-14(12)18-15(11)17/h8,12-14,16H,1,3-7H2,2H3/t12-,13?,14-/m1/s1. The van der Waals surface area contributed by atoms with Gasteiger partial charge in [0, 0.05) is 11.5 Å². The molecule has 1 N–H and O–H groups in total. The van der Waals surface area contributed by atoms with Crippen LogP contribution in [-0.2, 0) is 9.53 Å². The molecular formula is C15H20O3. The highest BCUT2D eigenvalue weighted by Crippen LogP contribution is 2.33. The molecule has 0 radical (unpaired) electrons. The van der Waals surface area contributed by atoms with Crippen molar-refractivity contribution in [1.82, 2.24) is 0 Å². The summed E-state index contributed by atoms with van der Waals surface area (Å²) in [6, 6.07) is 0. The minimum absolute atomic E-state index is 0.119. The lowest BCUT2D eigenvalue weighted by Gasteiger charge is -2.23. The fourth-order valence-corrected chi connectivity index (χ4v) is 2.58. The van der Waals surface area contributed by atoms with Crippen LogP contribution in [0.25, 0.3) is 0 Å². The molecule has 2 bridgehead atoms. The Hall–Kier alpha value is -1.35. The lowest BCUT2D eigenvalue weighted by Crippen LogP contribution is -2.22. The normalized spacial score (nSPS) is 32.8. The van der Waals surface area contributed by atoms with Crippen LogP contribution in [-0.4, -0.2) is 23.3 Å². The topological polar surface area (TPSA) is 46.5 Å². The van der Waals surface area contributed by atoms with Crippen molar-refractivity contribution in [3.8, 4) is 0 Å². The number of aliphatic hydroxyl groups excluding tert-OH is 1. The van der Waals surface area contributed by atoms with E-state index in [-0.39, 0.29) is 18.0 Å². The fraction of sp³-hybridized carbons (Fsp3) is 0.533. The van der Waals surface area contributed by atoms with Gasteiger partial charge < -0.3 is 9.84 Å². The first-order valence-corrected chi connectivity index (χ1v) is 6.42. The van der Waals surface area contributed by atoms with E-state index in [2.05, 4.69) is 13.2 Å². The van der Waals surface area contributed by atoms with Crippen LogP contribution >= 0.6 is 0 Å². The molecule has 98 valence electrons. The van der Waals surface area contributed by atoms with Crippen LogP contribution in [0, 0.1) is 5.92 Å². The number of ether oxygens (including phenoxy) is 1. The van der Waals surface area contributed by atoms with Crippen molar-refractivity contribution in [2.75, 3.05) is 0 Å². The largest absolute Gasteiger partial charge is 0.454 e. The van der Waals surface area contributed by atoms with Crippen molar-refractivity contribution in [2.24, 2.45) is 5.92 Å². The number of rotatable bonds is 1. The molecule has 1 unspecified atom stereocenters. The molecule has 0 aromatic rings. The molecule has 3 nitrogen and oxygen atoms in total. The average molecular weight is 248 g/mol. The molecule has 18 heavy (non-hydrogen) atoms. The van der Waals surface area contributed by atoms with Gasteiger partial charge in [-0.3, -0.25) is 0 Å². The van der Waals surface area contributed by atoms with Crippen molar-refractivity contribution in [2.45, 2.75) is 44.8 Å². The van der Waals surface area contributed by atoms with Crippen LogP contribution in [0.3, 0.4) is 0 Å². The highest BCUT2D eigenvalue weighted by molar-refractivity contribution is 5.91. The molecule has 3 atom stereocenters. The number of aliphatic hydroxyl groups is 1. The number of esters is 1. The van der Waals surface area contributed by atoms with Gasteiger partial charge in [0.2, 0.25) is 0 Å². The van der Waals surface area contributed by atoms with Gasteiger partial charge in [-0.25, -0.2) is 4.79 Å². The first-order chi connectivity index (χ1) is 8.49. The lowest BCUT2D eigenvalue weighted by molar-refractivity contribution is -0.141. The Morgan fingerprint density at radius 1 is 1.44 bits per heavy atom. The molecule has 0 amide bonds. The lowest BCUT2D eigenvalue weighted by atomic mass is 9.86. The molecule has 0 fully saturated rings. The minimum atomic E-state index is -0.526. The van der Waals surface area contributed by atoms with Crippen molar-refractivity contribution in [3.05, 3.63) is 36.0 Å². The Morgan fingerprint density at radius 3 is 2.83 bits per heavy atom. The zero-order chi connectivity index (χ0) is 13.3. The van der Waals surface area contributed by atoms with Gasteiger partial charge in [0.25, 0.3) is 0 Å². The van der Waals surface area contributed by atoms with Gasteiger partial charge in [0.15, 0.2) is 0 Å². The Morgan fingerprint density at radius 2 is 2.17 bits per heavy atom. The van der Waals surface area contributed by atoms with Crippen molar-refractivity contribution in [1.29, 1.82) is 0 Å². The number of hydrogen-bond donors (Lipinski definition) is 1. The van der Waals surface area contributed by atoms with Gasteiger partial charge in [-0.1, -0.05) is 18.7 Å². The van der Waals surface area contributed by atoms with Crippen LogP contribution < -0.4 is 0 Å². The van der Waals surface area contributed by atoms with Gasteiger partial charge >= 0.3 is 5.97 Å². The highest BCUT2D eigenvalue weighted by atomic mass is 16.5. The smallest absolute Gasteiger partial charge is 0.334 e. The Kier molecular flexibility index (Phi) is 3.71. The van der Waals surface area contributed by atoms with Crippen LogP contribution in [0.4, 0.5) is 0 Å². The van der Waals surface area contributed by atoms with E-state index < -0.39 is 6.10 Å². The summed E-state index contributed by atoms with van der Waals surface area (Å²) < 4.78 is 5.40.